The minimum absolute atomic E-state index is 0.338. The smallest absolute Gasteiger partial charge is 0.103 e. The fraction of sp³-hybridized carbons (Fsp3) is 0.571. The number of ether oxygens (including phenoxy) is 1. The fourth-order valence-electron chi connectivity index (χ4n) is 2.90. The van der Waals surface area contributed by atoms with Crippen molar-refractivity contribution in [1.29, 1.82) is 0 Å². The van der Waals surface area contributed by atoms with Crippen LogP contribution in [0, 0.1) is 0 Å². The lowest BCUT2D eigenvalue weighted by molar-refractivity contribution is 0.0248. The number of nitrogens with one attached hydrogen (secondary N) is 1. The largest absolute Gasteiger partial charge is 0.399 e. The first kappa shape index (κ1) is 12.0. The highest BCUT2D eigenvalue weighted by Crippen LogP contribution is 2.32. The van der Waals surface area contributed by atoms with Crippen molar-refractivity contribution in [2.45, 2.75) is 30.9 Å². The first-order valence-electron chi connectivity index (χ1n) is 6.58. The van der Waals surface area contributed by atoms with Crippen molar-refractivity contribution in [3.8, 4) is 0 Å². The van der Waals surface area contributed by atoms with Crippen LogP contribution in [0.15, 0.2) is 18.2 Å². The first-order valence-corrected chi connectivity index (χ1v) is 6.58. The summed E-state index contributed by atoms with van der Waals surface area (Å²) in [5.74, 6) is 0. The van der Waals surface area contributed by atoms with Crippen LogP contribution in [0.5, 0.6) is 0 Å². The van der Waals surface area contributed by atoms with E-state index in [0.29, 0.717) is 25.8 Å². The van der Waals surface area contributed by atoms with Gasteiger partial charge in [0.2, 0.25) is 0 Å². The quantitative estimate of drug-likeness (QED) is 0.698. The van der Waals surface area contributed by atoms with Gasteiger partial charge in [-0.1, -0.05) is 6.07 Å². The van der Waals surface area contributed by atoms with E-state index in [9.17, 15) is 5.11 Å². The van der Waals surface area contributed by atoms with Crippen LogP contribution < -0.4 is 11.1 Å². The minimum atomic E-state index is -0.684. The molecule has 2 unspecified atom stereocenters. The third-order valence-electron chi connectivity index (χ3n) is 4.00. The van der Waals surface area contributed by atoms with Gasteiger partial charge in [-0.05, 0) is 36.1 Å². The molecule has 98 valence electrons. The molecule has 0 saturated carbocycles. The molecular weight excluding hydrogens is 228 g/mol. The number of hydrogen-bond acceptors (Lipinski definition) is 4. The molecule has 18 heavy (non-hydrogen) atoms. The Morgan fingerprint density at radius 3 is 3.17 bits per heavy atom. The Labute approximate surface area is 107 Å². The van der Waals surface area contributed by atoms with Crippen LogP contribution >= 0.6 is 0 Å². The highest BCUT2D eigenvalue weighted by molar-refractivity contribution is 5.47. The van der Waals surface area contributed by atoms with Crippen LogP contribution in [0.4, 0.5) is 5.69 Å². The monoisotopic (exact) mass is 248 g/mol. The SMILES string of the molecule is Nc1ccc2c(c1)CCC2NCC1(O)CCOC1. The highest BCUT2D eigenvalue weighted by atomic mass is 16.5. The van der Waals surface area contributed by atoms with E-state index < -0.39 is 5.60 Å². The summed E-state index contributed by atoms with van der Waals surface area (Å²) in [5, 5.41) is 13.7. The second-order valence-electron chi connectivity index (χ2n) is 5.46. The summed E-state index contributed by atoms with van der Waals surface area (Å²) in [4.78, 5) is 0. The van der Waals surface area contributed by atoms with E-state index >= 15 is 0 Å². The molecule has 0 radical (unpaired) electrons. The number of hydrogen-bond donors (Lipinski definition) is 3. The van der Waals surface area contributed by atoms with Gasteiger partial charge in [-0.2, -0.15) is 0 Å². The van der Waals surface area contributed by atoms with Gasteiger partial charge in [0.05, 0.1) is 6.61 Å². The van der Waals surface area contributed by atoms with E-state index in [1.807, 2.05) is 6.07 Å². The molecule has 1 saturated heterocycles. The van der Waals surface area contributed by atoms with E-state index in [1.54, 1.807) is 0 Å². The third kappa shape index (κ3) is 2.23. The van der Waals surface area contributed by atoms with Gasteiger partial charge >= 0.3 is 0 Å². The molecule has 0 amide bonds. The number of anilines is 1. The second-order valence-corrected chi connectivity index (χ2v) is 5.46. The van der Waals surface area contributed by atoms with Crippen molar-refractivity contribution in [2.24, 2.45) is 0 Å². The van der Waals surface area contributed by atoms with Crippen molar-refractivity contribution < 1.29 is 9.84 Å². The van der Waals surface area contributed by atoms with Crippen LogP contribution in [0.2, 0.25) is 0 Å². The molecule has 0 aromatic heterocycles. The number of rotatable bonds is 3. The number of nitrogens with two attached hydrogens (primary N) is 1. The van der Waals surface area contributed by atoms with E-state index in [-0.39, 0.29) is 0 Å². The maximum atomic E-state index is 10.2. The zero-order valence-electron chi connectivity index (χ0n) is 10.5. The van der Waals surface area contributed by atoms with Gasteiger partial charge in [-0.25, -0.2) is 0 Å². The van der Waals surface area contributed by atoms with E-state index in [2.05, 4.69) is 17.4 Å². The molecular formula is C14H20N2O2. The van der Waals surface area contributed by atoms with Crippen molar-refractivity contribution in [2.75, 3.05) is 25.5 Å². The summed E-state index contributed by atoms with van der Waals surface area (Å²) >= 11 is 0. The Hall–Kier alpha value is -1.10. The average molecular weight is 248 g/mol. The number of benzene rings is 1. The fourth-order valence-corrected chi connectivity index (χ4v) is 2.90. The predicted octanol–water partition coefficient (Wildman–Crippen LogP) is 0.997. The Morgan fingerprint density at radius 1 is 1.50 bits per heavy atom. The molecule has 0 bridgehead atoms. The van der Waals surface area contributed by atoms with Crippen molar-refractivity contribution in [3.05, 3.63) is 29.3 Å². The normalized spacial score (nSPS) is 30.6. The van der Waals surface area contributed by atoms with Gasteiger partial charge in [-0.3, -0.25) is 0 Å². The molecule has 1 aromatic carbocycles. The maximum absolute atomic E-state index is 10.2. The summed E-state index contributed by atoms with van der Waals surface area (Å²) in [6.45, 7) is 1.71. The Bertz CT molecular complexity index is 441. The molecule has 1 aliphatic heterocycles. The predicted molar refractivity (Wildman–Crippen MR) is 70.3 cm³/mol. The zero-order chi connectivity index (χ0) is 12.6. The molecule has 1 fully saturated rings. The van der Waals surface area contributed by atoms with Gasteiger partial charge in [0.15, 0.2) is 0 Å². The molecule has 1 aliphatic carbocycles. The first-order chi connectivity index (χ1) is 8.66. The lowest BCUT2D eigenvalue weighted by Crippen LogP contribution is -2.42. The topological polar surface area (TPSA) is 67.5 Å². The molecule has 2 atom stereocenters. The second kappa shape index (κ2) is 4.53. The van der Waals surface area contributed by atoms with Crippen molar-refractivity contribution in [1.82, 2.24) is 5.32 Å². The maximum Gasteiger partial charge on any atom is 0.103 e. The van der Waals surface area contributed by atoms with Crippen molar-refractivity contribution in [3.63, 3.8) is 0 Å². The minimum Gasteiger partial charge on any atom is -0.399 e. The molecule has 4 N–H and O–H groups in total. The van der Waals surface area contributed by atoms with E-state index in [1.165, 1.54) is 11.1 Å². The molecule has 2 aliphatic rings. The van der Waals surface area contributed by atoms with Crippen LogP contribution in [0.1, 0.15) is 30.0 Å². The number of aryl methyl sites for hydroxylation is 1. The standard InChI is InChI=1S/C14H20N2O2/c15-11-2-3-12-10(7-11)1-4-13(12)16-8-14(17)5-6-18-9-14/h2-3,7,13,16-17H,1,4-6,8-9,15H2. The molecule has 0 spiro atoms. The zero-order valence-corrected chi connectivity index (χ0v) is 10.5. The number of nitrogen functional groups attached to an aromatic ring is 1. The Kier molecular flexibility index (Phi) is 3.01. The number of fused-ring (bicyclic) bond motifs is 1. The van der Waals surface area contributed by atoms with E-state index in [0.717, 1.165) is 24.9 Å². The lowest BCUT2D eigenvalue weighted by Gasteiger charge is -2.24. The molecule has 4 heteroatoms. The van der Waals surface area contributed by atoms with Gasteiger partial charge in [-0.15, -0.1) is 0 Å². The van der Waals surface area contributed by atoms with Crippen LogP contribution in [-0.4, -0.2) is 30.5 Å². The van der Waals surface area contributed by atoms with Crippen molar-refractivity contribution >= 4 is 5.69 Å². The highest BCUT2D eigenvalue weighted by Gasteiger charge is 2.33. The molecule has 1 aromatic rings. The average Bonchev–Trinajstić information content (AvgIpc) is 2.93. The summed E-state index contributed by atoms with van der Waals surface area (Å²) in [6, 6.07) is 6.45. The summed E-state index contributed by atoms with van der Waals surface area (Å²) in [5.41, 5.74) is 8.60. The summed E-state index contributed by atoms with van der Waals surface area (Å²) in [6.07, 6.45) is 2.87. The third-order valence-corrected chi connectivity index (χ3v) is 4.00. The van der Waals surface area contributed by atoms with Crippen LogP contribution in [0.3, 0.4) is 0 Å². The molecule has 3 rings (SSSR count). The lowest BCUT2D eigenvalue weighted by atomic mass is 10.0. The van der Waals surface area contributed by atoms with Gasteiger partial charge in [0.25, 0.3) is 0 Å². The summed E-state index contributed by atoms with van der Waals surface area (Å²) in [7, 11) is 0. The molecule has 1 heterocycles. The van der Waals surface area contributed by atoms with Gasteiger partial charge in [0, 0.05) is 31.3 Å². The Balaban J connectivity index is 1.66. The Morgan fingerprint density at radius 2 is 2.39 bits per heavy atom. The molecule has 4 nitrogen and oxygen atoms in total. The van der Waals surface area contributed by atoms with Crippen LogP contribution in [-0.2, 0) is 11.2 Å². The number of aliphatic hydroxyl groups is 1. The summed E-state index contributed by atoms with van der Waals surface area (Å²) < 4.78 is 5.25. The van der Waals surface area contributed by atoms with E-state index in [4.69, 9.17) is 10.5 Å². The van der Waals surface area contributed by atoms with Gasteiger partial charge < -0.3 is 20.9 Å². The van der Waals surface area contributed by atoms with Crippen LogP contribution in [0.25, 0.3) is 0 Å². The van der Waals surface area contributed by atoms with Gasteiger partial charge in [0.1, 0.15) is 5.60 Å².